The molecule has 0 aliphatic heterocycles. The smallest absolute Gasteiger partial charge is 0.417 e. The highest BCUT2D eigenvalue weighted by molar-refractivity contribution is 5.90. The lowest BCUT2D eigenvalue weighted by Gasteiger charge is -2.06. The summed E-state index contributed by atoms with van der Waals surface area (Å²) in [6.45, 7) is 3.88. The van der Waals surface area contributed by atoms with Crippen LogP contribution in [0.25, 0.3) is 11.6 Å². The number of ether oxygens (including phenoxy) is 1. The lowest BCUT2D eigenvalue weighted by molar-refractivity contribution is -0.138. The number of carbonyl (C=O) groups is 2. The van der Waals surface area contributed by atoms with Crippen LogP contribution in [0.2, 0.25) is 0 Å². The Morgan fingerprint density at radius 3 is 1.69 bits per heavy atom. The Labute approximate surface area is 236 Å². The summed E-state index contributed by atoms with van der Waals surface area (Å²) in [5.41, 5.74) is 0.183. The van der Waals surface area contributed by atoms with Crippen molar-refractivity contribution in [2.75, 3.05) is 7.11 Å². The van der Waals surface area contributed by atoms with Crippen molar-refractivity contribution < 1.29 is 40.7 Å². The molecule has 15 heteroatoms. The van der Waals surface area contributed by atoms with Gasteiger partial charge in [-0.05, 0) is 37.1 Å². The highest BCUT2D eigenvalue weighted by Gasteiger charge is 2.31. The minimum Gasteiger partial charge on any atom is -0.465 e. The SMILES string of the molecule is CCCc1nn(-c2ccc(C(F)(F)F)cn2)cc1C(=O)OC.CCCc1nn(-c2ccc(C(F)(F)F)cn2)cc1C=O. The van der Waals surface area contributed by atoms with E-state index in [2.05, 4.69) is 24.9 Å². The molecule has 224 valence electrons. The maximum atomic E-state index is 12.5. The molecule has 4 aromatic rings. The molecular weight excluding hydrogens is 570 g/mol. The predicted molar refractivity (Wildman–Crippen MR) is 137 cm³/mol. The van der Waals surface area contributed by atoms with Crippen LogP contribution in [0.4, 0.5) is 26.3 Å². The topological polar surface area (TPSA) is 105 Å². The van der Waals surface area contributed by atoms with E-state index in [0.717, 1.165) is 37.4 Å². The molecule has 0 aliphatic carbocycles. The lowest BCUT2D eigenvalue weighted by Crippen LogP contribution is -2.07. The summed E-state index contributed by atoms with van der Waals surface area (Å²) in [6, 6.07) is 4.28. The van der Waals surface area contributed by atoms with Crippen LogP contribution in [0.3, 0.4) is 0 Å². The van der Waals surface area contributed by atoms with Crippen molar-refractivity contribution in [3.05, 3.63) is 82.7 Å². The molecule has 42 heavy (non-hydrogen) atoms. The Morgan fingerprint density at radius 2 is 1.29 bits per heavy atom. The van der Waals surface area contributed by atoms with E-state index in [1.807, 2.05) is 13.8 Å². The quantitative estimate of drug-likeness (QED) is 0.138. The first-order chi connectivity index (χ1) is 19.8. The number of alkyl halides is 6. The number of hydrogen-bond acceptors (Lipinski definition) is 7. The van der Waals surface area contributed by atoms with Gasteiger partial charge < -0.3 is 4.74 Å². The molecule has 0 atom stereocenters. The molecule has 0 spiro atoms. The average molecular weight is 597 g/mol. The van der Waals surface area contributed by atoms with Crippen molar-refractivity contribution in [3.8, 4) is 11.6 Å². The molecule has 4 aromatic heterocycles. The Balaban J connectivity index is 0.000000231. The molecule has 0 fully saturated rings. The number of aldehydes is 1. The van der Waals surface area contributed by atoms with Crippen molar-refractivity contribution in [1.29, 1.82) is 0 Å². The van der Waals surface area contributed by atoms with Gasteiger partial charge >= 0.3 is 18.3 Å². The highest BCUT2D eigenvalue weighted by atomic mass is 19.4. The first-order valence-corrected chi connectivity index (χ1v) is 12.6. The second kappa shape index (κ2) is 13.4. The molecule has 0 aromatic carbocycles. The van der Waals surface area contributed by atoms with Crippen LogP contribution in [-0.4, -0.2) is 48.9 Å². The van der Waals surface area contributed by atoms with E-state index in [0.29, 0.717) is 36.1 Å². The number of aryl methyl sites for hydroxylation is 2. The Kier molecular flexibility index (Phi) is 10.2. The van der Waals surface area contributed by atoms with Gasteiger partial charge in [0.1, 0.15) is 5.56 Å². The zero-order valence-corrected chi connectivity index (χ0v) is 22.7. The monoisotopic (exact) mass is 596 g/mol. The van der Waals surface area contributed by atoms with E-state index in [1.165, 1.54) is 41.0 Å². The summed E-state index contributed by atoms with van der Waals surface area (Å²) < 4.78 is 82.1. The molecule has 0 saturated heterocycles. The second-order valence-electron chi connectivity index (χ2n) is 8.82. The van der Waals surface area contributed by atoms with Gasteiger partial charge in [0.05, 0.1) is 35.2 Å². The van der Waals surface area contributed by atoms with Crippen LogP contribution < -0.4 is 0 Å². The van der Waals surface area contributed by atoms with Gasteiger partial charge in [0.15, 0.2) is 17.9 Å². The van der Waals surface area contributed by atoms with E-state index in [4.69, 9.17) is 0 Å². The molecule has 4 heterocycles. The van der Waals surface area contributed by atoms with Gasteiger partial charge in [-0.3, -0.25) is 4.79 Å². The predicted octanol–water partition coefficient (Wildman–Crippen LogP) is 6.08. The van der Waals surface area contributed by atoms with Gasteiger partial charge in [-0.1, -0.05) is 26.7 Å². The molecule has 0 aliphatic rings. The first kappa shape index (κ1) is 32.0. The summed E-state index contributed by atoms with van der Waals surface area (Å²) in [6.07, 6.45) is -1.07. The zero-order chi connectivity index (χ0) is 31.1. The number of rotatable bonds is 8. The van der Waals surface area contributed by atoms with Crippen LogP contribution in [0.15, 0.2) is 49.1 Å². The fraction of sp³-hybridized carbons (Fsp3) is 0.333. The molecule has 4 rings (SSSR count). The summed E-state index contributed by atoms with van der Waals surface area (Å²) >= 11 is 0. The molecule has 0 saturated carbocycles. The number of nitrogens with zero attached hydrogens (tertiary/aromatic N) is 6. The highest BCUT2D eigenvalue weighted by Crippen LogP contribution is 2.29. The molecule has 0 unspecified atom stereocenters. The van der Waals surface area contributed by atoms with E-state index in [1.54, 1.807) is 0 Å². The first-order valence-electron chi connectivity index (χ1n) is 12.6. The minimum atomic E-state index is -4.44. The number of hydrogen-bond donors (Lipinski definition) is 0. The summed E-state index contributed by atoms with van der Waals surface area (Å²) in [7, 11) is 1.26. The lowest BCUT2D eigenvalue weighted by atomic mass is 10.2. The van der Waals surface area contributed by atoms with Crippen LogP contribution in [0.1, 0.15) is 69.9 Å². The van der Waals surface area contributed by atoms with Crippen LogP contribution in [0.5, 0.6) is 0 Å². The van der Waals surface area contributed by atoms with Gasteiger partial charge in [0.25, 0.3) is 0 Å². The van der Waals surface area contributed by atoms with Gasteiger partial charge in [-0.25, -0.2) is 24.1 Å². The van der Waals surface area contributed by atoms with E-state index < -0.39 is 29.4 Å². The zero-order valence-electron chi connectivity index (χ0n) is 22.7. The summed E-state index contributed by atoms with van der Waals surface area (Å²) in [5.74, 6) is -0.106. The Hall–Kier alpha value is -4.56. The number of carbonyl (C=O) groups excluding carboxylic acids is 2. The fourth-order valence-electron chi connectivity index (χ4n) is 3.68. The van der Waals surface area contributed by atoms with Gasteiger partial charge in [-0.2, -0.15) is 36.5 Å². The fourth-order valence-corrected chi connectivity index (χ4v) is 3.68. The minimum absolute atomic E-state index is 0.195. The Morgan fingerprint density at radius 1 is 0.810 bits per heavy atom. The second-order valence-corrected chi connectivity index (χ2v) is 8.82. The molecule has 9 nitrogen and oxygen atoms in total. The van der Waals surface area contributed by atoms with Crippen LogP contribution in [-0.2, 0) is 29.9 Å². The van der Waals surface area contributed by atoms with Crippen molar-refractivity contribution in [3.63, 3.8) is 0 Å². The largest absolute Gasteiger partial charge is 0.465 e. The number of halogens is 6. The van der Waals surface area contributed by atoms with Crippen LogP contribution in [0, 0.1) is 0 Å². The number of methoxy groups -OCH3 is 1. The molecule has 0 radical (unpaired) electrons. The molecule has 0 bridgehead atoms. The normalized spacial score (nSPS) is 11.5. The standard InChI is InChI=1S/C14H14F3N3O2.C13H12F3N3O/c1-3-4-11-10(13(21)22-2)8-20(19-11)12-6-5-9(7-18-12)14(15,16)17;1-2-3-11-9(8-20)7-19(18-11)12-5-4-10(6-17-12)13(14,15)16/h5-8H,3-4H2,1-2H3;4-8H,2-3H2,1H3. The Bertz CT molecular complexity index is 1490. The number of pyridine rings is 2. The van der Waals surface area contributed by atoms with E-state index in [9.17, 15) is 35.9 Å². The number of aromatic nitrogens is 6. The average Bonchev–Trinajstić information content (AvgIpc) is 3.57. The van der Waals surface area contributed by atoms with Crippen molar-refractivity contribution in [2.45, 2.75) is 51.9 Å². The maximum Gasteiger partial charge on any atom is 0.417 e. The van der Waals surface area contributed by atoms with Gasteiger partial charge in [0, 0.05) is 24.8 Å². The third-order valence-electron chi connectivity index (χ3n) is 5.74. The molecular formula is C27H26F6N6O3. The van der Waals surface area contributed by atoms with Gasteiger partial charge in [0.2, 0.25) is 0 Å². The molecule has 0 N–H and O–H groups in total. The van der Waals surface area contributed by atoms with E-state index in [-0.39, 0.29) is 17.2 Å². The third-order valence-corrected chi connectivity index (χ3v) is 5.74. The summed E-state index contributed by atoms with van der Waals surface area (Å²) in [5, 5.41) is 8.38. The van der Waals surface area contributed by atoms with Crippen molar-refractivity contribution in [2.24, 2.45) is 0 Å². The molecule has 0 amide bonds. The number of esters is 1. The van der Waals surface area contributed by atoms with Crippen LogP contribution >= 0.6 is 0 Å². The third kappa shape index (κ3) is 7.79. The van der Waals surface area contributed by atoms with Crippen molar-refractivity contribution in [1.82, 2.24) is 29.5 Å². The summed E-state index contributed by atoms with van der Waals surface area (Å²) in [4.78, 5) is 30.1. The maximum absolute atomic E-state index is 12.5. The van der Waals surface area contributed by atoms with Crippen molar-refractivity contribution >= 4 is 12.3 Å². The van der Waals surface area contributed by atoms with Gasteiger partial charge in [-0.15, -0.1) is 0 Å². The van der Waals surface area contributed by atoms with E-state index >= 15 is 0 Å².